The summed E-state index contributed by atoms with van der Waals surface area (Å²) in [5, 5.41) is 8.44. The van der Waals surface area contributed by atoms with Crippen LogP contribution in [0.15, 0.2) is 11.1 Å². The van der Waals surface area contributed by atoms with Crippen molar-refractivity contribution in [1.29, 1.82) is 5.26 Å². The summed E-state index contributed by atoms with van der Waals surface area (Å²) in [6, 6.07) is 2.88. The minimum absolute atomic E-state index is 0.622. The van der Waals surface area contributed by atoms with Gasteiger partial charge in [-0.15, -0.1) is 0 Å². The third-order valence-electron chi connectivity index (χ3n) is 1.95. The van der Waals surface area contributed by atoms with Crippen molar-refractivity contribution in [2.75, 3.05) is 13.1 Å². The van der Waals surface area contributed by atoms with Crippen LogP contribution in [0.4, 0.5) is 0 Å². The maximum Gasteiger partial charge on any atom is 0.0635 e. The molecule has 0 unspecified atom stereocenters. The molecule has 1 rings (SSSR count). The molecule has 0 aromatic rings. The van der Waals surface area contributed by atoms with E-state index in [-0.39, 0.29) is 0 Å². The molecule has 0 aliphatic heterocycles. The Morgan fingerprint density at radius 3 is 2.75 bits per heavy atom. The minimum Gasteiger partial charge on any atom is -0.295 e. The molecular formula is C9H13BrN2. The minimum atomic E-state index is 0.622. The molecule has 1 saturated carbocycles. The molecule has 1 fully saturated rings. The van der Waals surface area contributed by atoms with Crippen molar-refractivity contribution < 1.29 is 0 Å². The van der Waals surface area contributed by atoms with Crippen LogP contribution in [0.25, 0.3) is 0 Å². The smallest absolute Gasteiger partial charge is 0.0635 e. The van der Waals surface area contributed by atoms with Crippen LogP contribution >= 0.6 is 15.9 Å². The third kappa shape index (κ3) is 3.38. The molecule has 0 N–H and O–H groups in total. The Morgan fingerprint density at radius 1 is 1.67 bits per heavy atom. The van der Waals surface area contributed by atoms with E-state index in [1.165, 1.54) is 12.8 Å². The molecule has 12 heavy (non-hydrogen) atoms. The summed E-state index contributed by atoms with van der Waals surface area (Å²) in [6.07, 6.45) is 3.19. The Bertz CT molecular complexity index is 203. The molecule has 0 atom stereocenters. The zero-order valence-corrected chi connectivity index (χ0v) is 8.68. The van der Waals surface area contributed by atoms with Gasteiger partial charge in [0.25, 0.3) is 0 Å². The first-order valence-electron chi connectivity index (χ1n) is 4.18. The molecule has 0 heterocycles. The van der Waals surface area contributed by atoms with E-state index < -0.39 is 0 Å². The molecule has 0 aromatic heterocycles. The average molecular weight is 229 g/mol. The first-order chi connectivity index (χ1) is 5.74. The Balaban J connectivity index is 2.28. The molecule has 0 saturated heterocycles. The van der Waals surface area contributed by atoms with Crippen LogP contribution in [0.3, 0.4) is 0 Å². The lowest BCUT2D eigenvalue weighted by atomic mass is 10.4. The predicted octanol–water partition coefficient (Wildman–Crippen LogP) is 2.27. The van der Waals surface area contributed by atoms with Crippen LogP contribution in [0, 0.1) is 11.3 Å². The molecule has 0 spiro atoms. The van der Waals surface area contributed by atoms with Gasteiger partial charge in [0.1, 0.15) is 0 Å². The van der Waals surface area contributed by atoms with Crippen LogP contribution in [-0.4, -0.2) is 24.0 Å². The van der Waals surface area contributed by atoms with Gasteiger partial charge in [0, 0.05) is 30.0 Å². The SMILES string of the molecule is C=C(Br)CN(CCC#N)C1CC1. The average Bonchev–Trinajstić information content (AvgIpc) is 2.79. The van der Waals surface area contributed by atoms with Crippen molar-refractivity contribution in [2.45, 2.75) is 25.3 Å². The normalized spacial score (nSPS) is 16.1. The predicted molar refractivity (Wildman–Crippen MR) is 52.9 cm³/mol. The summed E-state index contributed by atoms with van der Waals surface area (Å²) in [5.74, 6) is 0. The number of nitriles is 1. The van der Waals surface area contributed by atoms with Gasteiger partial charge in [0.2, 0.25) is 0 Å². The van der Waals surface area contributed by atoms with Crippen molar-refractivity contribution in [2.24, 2.45) is 0 Å². The number of nitrogens with zero attached hydrogens (tertiary/aromatic N) is 2. The van der Waals surface area contributed by atoms with Gasteiger partial charge in [-0.1, -0.05) is 22.5 Å². The highest BCUT2D eigenvalue weighted by Gasteiger charge is 2.28. The number of rotatable bonds is 5. The molecule has 1 aliphatic rings. The summed E-state index contributed by atoms with van der Waals surface area (Å²) < 4.78 is 1.01. The summed E-state index contributed by atoms with van der Waals surface area (Å²) in [4.78, 5) is 2.32. The lowest BCUT2D eigenvalue weighted by Gasteiger charge is -2.19. The standard InChI is InChI=1S/C9H13BrN2/c1-8(10)7-12(6-2-5-11)9-3-4-9/h9H,1-4,6-7H2. The lowest BCUT2D eigenvalue weighted by Crippen LogP contribution is -2.28. The molecule has 0 radical (unpaired) electrons. The summed E-state index contributed by atoms with van der Waals surface area (Å²) in [5.41, 5.74) is 0. The molecular weight excluding hydrogens is 216 g/mol. The monoisotopic (exact) mass is 228 g/mol. The van der Waals surface area contributed by atoms with Gasteiger partial charge < -0.3 is 0 Å². The van der Waals surface area contributed by atoms with E-state index in [1.807, 2.05) is 0 Å². The van der Waals surface area contributed by atoms with Crippen LogP contribution in [0.1, 0.15) is 19.3 Å². The van der Waals surface area contributed by atoms with Gasteiger partial charge in [-0.25, -0.2) is 0 Å². The largest absolute Gasteiger partial charge is 0.295 e. The fraction of sp³-hybridized carbons (Fsp3) is 0.667. The first kappa shape index (κ1) is 9.76. The van der Waals surface area contributed by atoms with Crippen molar-refractivity contribution in [3.8, 4) is 6.07 Å². The second kappa shape index (κ2) is 4.64. The highest BCUT2D eigenvalue weighted by molar-refractivity contribution is 9.11. The van der Waals surface area contributed by atoms with Gasteiger partial charge >= 0.3 is 0 Å². The van der Waals surface area contributed by atoms with Gasteiger partial charge in [-0.2, -0.15) is 5.26 Å². The molecule has 0 amide bonds. The zero-order valence-electron chi connectivity index (χ0n) is 7.09. The molecule has 3 heteroatoms. The maximum absolute atomic E-state index is 8.44. The Kier molecular flexibility index (Phi) is 3.77. The Morgan fingerprint density at radius 2 is 2.33 bits per heavy atom. The van der Waals surface area contributed by atoms with Gasteiger partial charge in [0.05, 0.1) is 6.07 Å². The van der Waals surface area contributed by atoms with E-state index in [1.54, 1.807) is 0 Å². The second-order valence-corrected chi connectivity index (χ2v) is 4.25. The van der Waals surface area contributed by atoms with Crippen molar-refractivity contribution in [1.82, 2.24) is 4.90 Å². The van der Waals surface area contributed by atoms with Crippen LogP contribution in [0.2, 0.25) is 0 Å². The summed E-state index contributed by atoms with van der Waals surface area (Å²) in [7, 11) is 0. The zero-order chi connectivity index (χ0) is 8.97. The van der Waals surface area contributed by atoms with E-state index >= 15 is 0 Å². The van der Waals surface area contributed by atoms with Crippen LogP contribution in [-0.2, 0) is 0 Å². The molecule has 0 aromatic carbocycles. The third-order valence-corrected chi connectivity index (χ3v) is 2.20. The topological polar surface area (TPSA) is 27.0 Å². The highest BCUT2D eigenvalue weighted by atomic mass is 79.9. The van der Waals surface area contributed by atoms with E-state index in [9.17, 15) is 0 Å². The van der Waals surface area contributed by atoms with Crippen LogP contribution in [0.5, 0.6) is 0 Å². The van der Waals surface area contributed by atoms with Crippen molar-refractivity contribution >= 4 is 15.9 Å². The molecule has 2 nitrogen and oxygen atoms in total. The Hall–Kier alpha value is -0.330. The molecule has 1 aliphatic carbocycles. The number of halogens is 1. The number of hydrogen-bond donors (Lipinski definition) is 0. The van der Waals surface area contributed by atoms with E-state index in [2.05, 4.69) is 33.5 Å². The molecule has 66 valence electrons. The quantitative estimate of drug-likeness (QED) is 0.723. The van der Waals surface area contributed by atoms with E-state index in [0.717, 1.165) is 17.6 Å². The number of hydrogen-bond acceptors (Lipinski definition) is 2. The fourth-order valence-corrected chi connectivity index (χ4v) is 1.57. The Labute approximate surface area is 82.0 Å². The van der Waals surface area contributed by atoms with Crippen molar-refractivity contribution in [3.63, 3.8) is 0 Å². The molecule has 0 bridgehead atoms. The highest BCUT2D eigenvalue weighted by Crippen LogP contribution is 2.27. The van der Waals surface area contributed by atoms with Crippen LogP contribution < -0.4 is 0 Å². The first-order valence-corrected chi connectivity index (χ1v) is 4.97. The van der Waals surface area contributed by atoms with Gasteiger partial charge in [-0.05, 0) is 12.8 Å². The fourth-order valence-electron chi connectivity index (χ4n) is 1.24. The summed E-state index contributed by atoms with van der Waals surface area (Å²) >= 11 is 3.34. The van der Waals surface area contributed by atoms with Crippen molar-refractivity contribution in [3.05, 3.63) is 11.1 Å². The van der Waals surface area contributed by atoms with E-state index in [4.69, 9.17) is 5.26 Å². The summed E-state index contributed by atoms with van der Waals surface area (Å²) in [6.45, 7) is 5.57. The lowest BCUT2D eigenvalue weighted by molar-refractivity contribution is 0.298. The van der Waals surface area contributed by atoms with E-state index in [0.29, 0.717) is 12.5 Å². The van der Waals surface area contributed by atoms with Gasteiger partial charge in [-0.3, -0.25) is 4.90 Å². The van der Waals surface area contributed by atoms with Gasteiger partial charge in [0.15, 0.2) is 0 Å². The second-order valence-electron chi connectivity index (χ2n) is 3.13. The maximum atomic E-state index is 8.44.